The topological polar surface area (TPSA) is 102 Å². The molecule has 0 unspecified atom stereocenters. The van der Waals surface area contributed by atoms with Gasteiger partial charge < -0.3 is 4.52 Å². The van der Waals surface area contributed by atoms with Gasteiger partial charge in [-0.3, -0.25) is 19.8 Å². The van der Waals surface area contributed by atoms with E-state index < -0.39 is 5.91 Å². The van der Waals surface area contributed by atoms with Gasteiger partial charge in [0.1, 0.15) is 0 Å². The first-order chi connectivity index (χ1) is 9.08. The zero-order chi connectivity index (χ0) is 13.8. The fourth-order valence-corrected chi connectivity index (χ4v) is 1.76. The summed E-state index contributed by atoms with van der Waals surface area (Å²) in [6, 6.07) is 1.57. The molecule has 2 heterocycles. The van der Waals surface area contributed by atoms with Gasteiger partial charge in [0.2, 0.25) is 0 Å². The number of nitrogens with one attached hydrogen (secondary N) is 1. The molecule has 2 aromatic heterocycles. The number of hydrogen-bond donors (Lipinski definition) is 2. The summed E-state index contributed by atoms with van der Waals surface area (Å²) in [6.45, 7) is 1.27. The Labute approximate surface area is 110 Å². The van der Waals surface area contributed by atoms with E-state index in [1.807, 2.05) is 36.8 Å². The summed E-state index contributed by atoms with van der Waals surface area (Å²) in [6.07, 6.45) is 3.76. The summed E-state index contributed by atoms with van der Waals surface area (Å²) in [7, 11) is 3.82. The van der Waals surface area contributed by atoms with Crippen molar-refractivity contribution < 1.29 is 9.32 Å². The van der Waals surface area contributed by atoms with Gasteiger partial charge in [-0.1, -0.05) is 5.16 Å². The Morgan fingerprint density at radius 2 is 2.37 bits per heavy atom. The van der Waals surface area contributed by atoms with Gasteiger partial charge in [0.25, 0.3) is 5.91 Å². The molecule has 8 heteroatoms. The second-order valence-electron chi connectivity index (χ2n) is 4.35. The standard InChI is InChI=1S/C11H16N6O2/c1-16(5-8-4-13-17(2)6-8)7-9-3-10(15-19-9)11(18)14-12/h3-4,6H,5,7,12H2,1-2H3,(H,14,18). The summed E-state index contributed by atoms with van der Waals surface area (Å²) in [5, 5.41) is 7.74. The van der Waals surface area contributed by atoms with Crippen LogP contribution in [0.3, 0.4) is 0 Å². The normalized spacial score (nSPS) is 10.9. The van der Waals surface area contributed by atoms with Crippen LogP contribution in [0.2, 0.25) is 0 Å². The van der Waals surface area contributed by atoms with Gasteiger partial charge in [-0.15, -0.1) is 0 Å². The lowest BCUT2D eigenvalue weighted by molar-refractivity contribution is 0.0944. The highest BCUT2D eigenvalue weighted by molar-refractivity contribution is 5.91. The number of carbonyl (C=O) groups is 1. The van der Waals surface area contributed by atoms with Crippen LogP contribution in [0.25, 0.3) is 0 Å². The van der Waals surface area contributed by atoms with Crippen molar-refractivity contribution in [2.24, 2.45) is 12.9 Å². The van der Waals surface area contributed by atoms with Crippen LogP contribution in [0, 0.1) is 0 Å². The van der Waals surface area contributed by atoms with Crippen LogP contribution in [0.4, 0.5) is 0 Å². The van der Waals surface area contributed by atoms with Crippen molar-refractivity contribution in [2.75, 3.05) is 7.05 Å². The third kappa shape index (κ3) is 3.39. The zero-order valence-corrected chi connectivity index (χ0v) is 10.8. The lowest BCUT2D eigenvalue weighted by atomic mass is 10.3. The van der Waals surface area contributed by atoms with E-state index in [1.54, 1.807) is 10.7 Å². The number of aryl methyl sites for hydroxylation is 1. The van der Waals surface area contributed by atoms with Crippen molar-refractivity contribution in [2.45, 2.75) is 13.1 Å². The predicted octanol–water partition coefficient (Wildman–Crippen LogP) is -0.356. The van der Waals surface area contributed by atoms with E-state index in [2.05, 4.69) is 10.3 Å². The van der Waals surface area contributed by atoms with Gasteiger partial charge in [0.15, 0.2) is 11.5 Å². The average molecular weight is 264 g/mol. The summed E-state index contributed by atoms with van der Waals surface area (Å²) in [5.74, 6) is 5.15. The van der Waals surface area contributed by atoms with Crippen molar-refractivity contribution in [3.05, 3.63) is 35.5 Å². The van der Waals surface area contributed by atoms with E-state index in [4.69, 9.17) is 10.4 Å². The fourth-order valence-electron chi connectivity index (χ4n) is 1.76. The third-order valence-electron chi connectivity index (χ3n) is 2.56. The molecule has 0 radical (unpaired) electrons. The number of carbonyl (C=O) groups excluding carboxylic acids is 1. The van der Waals surface area contributed by atoms with Crippen LogP contribution in [-0.2, 0) is 20.1 Å². The molecule has 1 amide bonds. The highest BCUT2D eigenvalue weighted by Crippen LogP contribution is 2.09. The molecule has 0 aromatic carbocycles. The Morgan fingerprint density at radius 1 is 1.58 bits per heavy atom. The van der Waals surface area contributed by atoms with Crippen molar-refractivity contribution in [3.63, 3.8) is 0 Å². The SMILES string of the molecule is CN(Cc1cnn(C)c1)Cc1cc(C(=O)NN)no1. The van der Waals surface area contributed by atoms with Gasteiger partial charge >= 0.3 is 0 Å². The van der Waals surface area contributed by atoms with Crippen LogP contribution in [0.15, 0.2) is 23.0 Å². The van der Waals surface area contributed by atoms with Crippen LogP contribution in [-0.4, -0.2) is 32.8 Å². The smallest absolute Gasteiger partial charge is 0.287 e. The molecular weight excluding hydrogens is 248 g/mol. The van der Waals surface area contributed by atoms with Crippen molar-refractivity contribution >= 4 is 5.91 Å². The third-order valence-corrected chi connectivity index (χ3v) is 2.56. The summed E-state index contributed by atoms with van der Waals surface area (Å²) < 4.78 is 6.82. The fraction of sp³-hybridized carbons (Fsp3) is 0.364. The van der Waals surface area contributed by atoms with Crippen LogP contribution >= 0.6 is 0 Å². The van der Waals surface area contributed by atoms with Gasteiger partial charge in [0, 0.05) is 31.4 Å². The number of nitrogen functional groups attached to an aromatic ring is 1. The Balaban J connectivity index is 1.93. The molecule has 0 aliphatic rings. The highest BCUT2D eigenvalue weighted by Gasteiger charge is 2.12. The minimum atomic E-state index is -0.468. The first-order valence-corrected chi connectivity index (χ1v) is 5.71. The predicted molar refractivity (Wildman–Crippen MR) is 66.5 cm³/mol. The Bertz CT molecular complexity index is 561. The molecule has 0 saturated carbocycles. The summed E-state index contributed by atoms with van der Waals surface area (Å²) in [5.41, 5.74) is 3.28. The molecule has 0 atom stereocenters. The highest BCUT2D eigenvalue weighted by atomic mass is 16.5. The molecule has 2 aromatic rings. The maximum absolute atomic E-state index is 11.2. The van der Waals surface area contributed by atoms with E-state index in [-0.39, 0.29) is 5.69 Å². The molecule has 0 aliphatic carbocycles. The number of nitrogens with two attached hydrogens (primary N) is 1. The number of rotatable bonds is 5. The summed E-state index contributed by atoms with van der Waals surface area (Å²) in [4.78, 5) is 13.3. The number of hydrazine groups is 1. The van der Waals surface area contributed by atoms with E-state index in [1.165, 1.54) is 0 Å². The maximum Gasteiger partial charge on any atom is 0.287 e. The molecular formula is C11H16N6O2. The van der Waals surface area contributed by atoms with Gasteiger partial charge in [-0.05, 0) is 7.05 Å². The van der Waals surface area contributed by atoms with E-state index >= 15 is 0 Å². The molecule has 102 valence electrons. The largest absolute Gasteiger partial charge is 0.359 e. The number of nitrogens with zero attached hydrogens (tertiary/aromatic N) is 4. The van der Waals surface area contributed by atoms with Gasteiger partial charge in [-0.2, -0.15) is 5.10 Å². The van der Waals surface area contributed by atoms with Crippen molar-refractivity contribution in [3.8, 4) is 0 Å². The molecule has 8 nitrogen and oxygen atoms in total. The van der Waals surface area contributed by atoms with Crippen LogP contribution < -0.4 is 11.3 Å². The van der Waals surface area contributed by atoms with Crippen molar-refractivity contribution in [1.82, 2.24) is 25.3 Å². The Kier molecular flexibility index (Phi) is 3.93. The molecule has 0 bridgehead atoms. The van der Waals surface area contributed by atoms with E-state index in [0.29, 0.717) is 12.3 Å². The van der Waals surface area contributed by atoms with Gasteiger partial charge in [0.05, 0.1) is 12.7 Å². The van der Waals surface area contributed by atoms with Crippen LogP contribution in [0.5, 0.6) is 0 Å². The molecule has 0 aliphatic heterocycles. The number of aromatic nitrogens is 3. The monoisotopic (exact) mass is 264 g/mol. The molecule has 0 spiro atoms. The Hall–Kier alpha value is -2.19. The second kappa shape index (κ2) is 5.63. The average Bonchev–Trinajstić information content (AvgIpc) is 2.98. The van der Waals surface area contributed by atoms with E-state index in [0.717, 1.165) is 12.1 Å². The second-order valence-corrected chi connectivity index (χ2v) is 4.35. The number of hydrogen-bond acceptors (Lipinski definition) is 6. The molecule has 3 N–H and O–H groups in total. The van der Waals surface area contributed by atoms with E-state index in [9.17, 15) is 4.79 Å². The lowest BCUT2D eigenvalue weighted by Crippen LogP contribution is -2.30. The van der Waals surface area contributed by atoms with Gasteiger partial charge in [-0.25, -0.2) is 5.84 Å². The van der Waals surface area contributed by atoms with Crippen LogP contribution in [0.1, 0.15) is 21.8 Å². The quantitative estimate of drug-likeness (QED) is 0.434. The van der Waals surface area contributed by atoms with Crippen molar-refractivity contribution in [1.29, 1.82) is 0 Å². The Morgan fingerprint density at radius 3 is 3.00 bits per heavy atom. The lowest BCUT2D eigenvalue weighted by Gasteiger charge is -2.12. The number of amides is 1. The minimum Gasteiger partial charge on any atom is -0.359 e. The zero-order valence-electron chi connectivity index (χ0n) is 10.8. The summed E-state index contributed by atoms with van der Waals surface area (Å²) >= 11 is 0. The minimum absolute atomic E-state index is 0.173. The first kappa shape index (κ1) is 13.2. The molecule has 2 rings (SSSR count). The molecule has 0 saturated heterocycles. The molecule has 19 heavy (non-hydrogen) atoms. The molecule has 0 fully saturated rings. The maximum atomic E-state index is 11.2. The first-order valence-electron chi connectivity index (χ1n) is 5.71.